The zero-order chi connectivity index (χ0) is 29.7. The van der Waals surface area contributed by atoms with Crippen LogP contribution in [0, 0.1) is 11.7 Å². The van der Waals surface area contributed by atoms with Crippen LogP contribution in [0.25, 0.3) is 0 Å². The van der Waals surface area contributed by atoms with E-state index in [1.165, 1.54) is 25.6 Å². The number of ether oxygens (including phenoxy) is 1. The number of fused-ring (bicyclic) bond motifs is 1. The molecule has 1 saturated carbocycles. The zero-order valence-corrected chi connectivity index (χ0v) is 24.5. The number of hydrogen-bond donors (Lipinski definition) is 3. The van der Waals surface area contributed by atoms with Crippen molar-refractivity contribution in [1.29, 1.82) is 0 Å². The summed E-state index contributed by atoms with van der Waals surface area (Å²) < 4.78 is 47.2. The fraction of sp³-hybridized carbons (Fsp3) is 0.517. The number of aliphatic hydroxyl groups is 1. The van der Waals surface area contributed by atoms with E-state index in [9.17, 15) is 27.5 Å². The Kier molecular flexibility index (Phi) is 9.88. The van der Waals surface area contributed by atoms with E-state index in [1.807, 2.05) is 6.92 Å². The molecule has 0 saturated heterocycles. The number of benzene rings is 2. The summed E-state index contributed by atoms with van der Waals surface area (Å²) >= 11 is 0. The van der Waals surface area contributed by atoms with Gasteiger partial charge in [-0.05, 0) is 62.2 Å². The monoisotopic (exact) mass is 590 g/mol. The average molecular weight is 591 g/mol. The summed E-state index contributed by atoms with van der Waals surface area (Å²) in [4.78, 5) is 27.8. The van der Waals surface area contributed by atoms with Gasteiger partial charge >= 0.3 is 6.03 Å². The van der Waals surface area contributed by atoms with Crippen LogP contribution in [0.5, 0.6) is 5.75 Å². The summed E-state index contributed by atoms with van der Waals surface area (Å²) in [6, 6.07) is 8.62. The molecule has 1 fully saturated rings. The lowest BCUT2D eigenvalue weighted by Crippen LogP contribution is -2.50. The minimum Gasteiger partial charge on any atom is -0.488 e. The number of nitrogens with zero attached hydrogens (tertiary/aromatic N) is 2. The van der Waals surface area contributed by atoms with Crippen molar-refractivity contribution in [3.8, 4) is 5.75 Å². The maximum Gasteiger partial charge on any atom is 0.319 e. The summed E-state index contributed by atoms with van der Waals surface area (Å²) in [5.74, 6) is -0.975. The second-order valence-electron chi connectivity index (χ2n) is 11.0. The molecule has 2 aromatic rings. The Bertz CT molecular complexity index is 1330. The summed E-state index contributed by atoms with van der Waals surface area (Å²) in [6.45, 7) is 3.48. The number of carbonyl (C=O) groups excluding carboxylic acids is 2. The Balaban J connectivity index is 1.59. The SMILES string of the molecule is C[C@@H]1CN([C@H](C)CO)C(=O)c2cc(NC(=O)NC3CCCCC3)ccc2O[C@@H]1CN(C)S(=O)(=O)c1ccc(F)cc1. The highest BCUT2D eigenvalue weighted by molar-refractivity contribution is 7.89. The lowest BCUT2D eigenvalue weighted by Gasteiger charge is -2.38. The first-order chi connectivity index (χ1) is 19.5. The number of anilines is 1. The molecule has 1 aliphatic heterocycles. The van der Waals surface area contributed by atoms with E-state index in [2.05, 4.69) is 10.6 Å². The lowest BCUT2D eigenvalue weighted by molar-refractivity contribution is 0.0387. The van der Waals surface area contributed by atoms with Crippen LogP contribution in [0.2, 0.25) is 0 Å². The first kappa shape index (κ1) is 30.7. The number of carbonyl (C=O) groups is 2. The van der Waals surface area contributed by atoms with Crippen molar-refractivity contribution in [2.45, 2.75) is 69.0 Å². The Morgan fingerprint density at radius 1 is 1.17 bits per heavy atom. The molecule has 3 amide bonds. The van der Waals surface area contributed by atoms with Crippen LogP contribution in [-0.4, -0.2) is 79.6 Å². The highest BCUT2D eigenvalue weighted by Gasteiger charge is 2.35. The maximum absolute atomic E-state index is 13.7. The van der Waals surface area contributed by atoms with E-state index in [4.69, 9.17) is 4.74 Å². The Morgan fingerprint density at radius 3 is 2.51 bits per heavy atom. The third-order valence-electron chi connectivity index (χ3n) is 7.82. The quantitative estimate of drug-likeness (QED) is 0.429. The van der Waals surface area contributed by atoms with E-state index in [-0.39, 0.29) is 59.8 Å². The minimum absolute atomic E-state index is 0.0420. The second kappa shape index (κ2) is 13.2. The van der Waals surface area contributed by atoms with Crippen LogP contribution in [0.15, 0.2) is 47.4 Å². The van der Waals surface area contributed by atoms with Gasteiger partial charge in [-0.3, -0.25) is 4.79 Å². The number of rotatable bonds is 8. The molecule has 0 spiro atoms. The topological polar surface area (TPSA) is 128 Å². The van der Waals surface area contributed by atoms with E-state index in [0.29, 0.717) is 5.69 Å². The molecule has 1 heterocycles. The largest absolute Gasteiger partial charge is 0.488 e. The number of sulfonamides is 1. The fourth-order valence-corrected chi connectivity index (χ4v) is 6.44. The van der Waals surface area contributed by atoms with Crippen LogP contribution in [-0.2, 0) is 10.0 Å². The van der Waals surface area contributed by atoms with E-state index >= 15 is 0 Å². The Hall–Kier alpha value is -3.22. The van der Waals surface area contributed by atoms with Crippen molar-refractivity contribution < 1.29 is 32.2 Å². The molecule has 3 N–H and O–H groups in total. The fourth-order valence-electron chi connectivity index (χ4n) is 5.26. The van der Waals surface area contributed by atoms with Crippen molar-refractivity contribution in [1.82, 2.24) is 14.5 Å². The molecule has 2 aromatic carbocycles. The number of amides is 3. The number of hydrogen-bond acceptors (Lipinski definition) is 6. The number of nitrogens with one attached hydrogen (secondary N) is 2. The molecular formula is C29H39FN4O6S. The number of likely N-dealkylation sites (N-methyl/N-ethyl adjacent to an activating group) is 1. The lowest BCUT2D eigenvalue weighted by atomic mass is 9.96. The van der Waals surface area contributed by atoms with Crippen molar-refractivity contribution in [2.75, 3.05) is 32.1 Å². The summed E-state index contributed by atoms with van der Waals surface area (Å²) in [7, 11) is -2.52. The first-order valence-corrected chi connectivity index (χ1v) is 15.5. The van der Waals surface area contributed by atoms with E-state index < -0.39 is 28.0 Å². The molecule has 3 atom stereocenters. The van der Waals surface area contributed by atoms with Gasteiger partial charge in [-0.15, -0.1) is 0 Å². The van der Waals surface area contributed by atoms with Crippen LogP contribution < -0.4 is 15.4 Å². The Labute approximate surface area is 240 Å². The van der Waals surface area contributed by atoms with Crippen LogP contribution in [0.3, 0.4) is 0 Å². The highest BCUT2D eigenvalue weighted by atomic mass is 32.2. The van der Waals surface area contributed by atoms with Crippen LogP contribution in [0.4, 0.5) is 14.9 Å². The molecule has 1 aliphatic carbocycles. The predicted octanol–water partition coefficient (Wildman–Crippen LogP) is 3.82. The van der Waals surface area contributed by atoms with Gasteiger partial charge in [0.2, 0.25) is 10.0 Å². The van der Waals surface area contributed by atoms with Gasteiger partial charge in [-0.25, -0.2) is 17.6 Å². The molecule has 10 nitrogen and oxygen atoms in total. The van der Waals surface area contributed by atoms with Crippen molar-refractivity contribution in [2.24, 2.45) is 5.92 Å². The molecule has 0 aromatic heterocycles. The van der Waals surface area contributed by atoms with Crippen LogP contribution in [0.1, 0.15) is 56.3 Å². The van der Waals surface area contributed by atoms with Gasteiger partial charge in [0.15, 0.2) is 0 Å². The zero-order valence-electron chi connectivity index (χ0n) is 23.7. The van der Waals surface area contributed by atoms with Gasteiger partial charge in [0.25, 0.3) is 5.91 Å². The third kappa shape index (κ3) is 7.35. The molecule has 0 radical (unpaired) electrons. The van der Waals surface area contributed by atoms with Gasteiger partial charge in [0.1, 0.15) is 17.7 Å². The smallest absolute Gasteiger partial charge is 0.319 e. The molecular weight excluding hydrogens is 551 g/mol. The average Bonchev–Trinajstić information content (AvgIpc) is 2.95. The van der Waals surface area contributed by atoms with Crippen molar-refractivity contribution >= 4 is 27.6 Å². The highest BCUT2D eigenvalue weighted by Crippen LogP contribution is 2.31. The molecule has 41 heavy (non-hydrogen) atoms. The molecule has 0 unspecified atom stereocenters. The van der Waals surface area contributed by atoms with Gasteiger partial charge in [0.05, 0.1) is 29.7 Å². The first-order valence-electron chi connectivity index (χ1n) is 14.0. The van der Waals surface area contributed by atoms with Gasteiger partial charge in [-0.2, -0.15) is 4.31 Å². The molecule has 2 aliphatic rings. The van der Waals surface area contributed by atoms with Crippen molar-refractivity contribution in [3.63, 3.8) is 0 Å². The van der Waals surface area contributed by atoms with Crippen molar-refractivity contribution in [3.05, 3.63) is 53.8 Å². The number of aliphatic hydroxyl groups excluding tert-OH is 1. The van der Waals surface area contributed by atoms with Gasteiger partial charge < -0.3 is 25.4 Å². The molecule has 4 rings (SSSR count). The standard InChI is InChI=1S/C29H39FN4O6S/c1-19-16-34(20(2)18-35)28(36)25-15-23(32-29(37)31-22-7-5-4-6-8-22)11-14-26(25)40-27(19)17-33(3)41(38,39)24-12-9-21(30)10-13-24/h9-15,19-20,22,27,35H,4-8,16-18H2,1-3H3,(H2,31,32,37)/t19-,20-,27-/m1/s1. The Morgan fingerprint density at radius 2 is 1.85 bits per heavy atom. The third-order valence-corrected chi connectivity index (χ3v) is 9.66. The van der Waals surface area contributed by atoms with Gasteiger partial charge in [-0.1, -0.05) is 26.2 Å². The predicted molar refractivity (Wildman–Crippen MR) is 153 cm³/mol. The minimum atomic E-state index is -3.94. The van der Waals surface area contributed by atoms with Gasteiger partial charge in [0, 0.05) is 31.2 Å². The molecule has 12 heteroatoms. The number of halogens is 1. The van der Waals surface area contributed by atoms with E-state index in [1.54, 1.807) is 30.0 Å². The normalized spacial score (nSPS) is 20.9. The second-order valence-corrected chi connectivity index (χ2v) is 13.1. The number of urea groups is 1. The summed E-state index contributed by atoms with van der Waals surface area (Å²) in [6.07, 6.45) is 4.53. The molecule has 224 valence electrons. The summed E-state index contributed by atoms with van der Waals surface area (Å²) in [5.41, 5.74) is 0.605. The van der Waals surface area contributed by atoms with Crippen LogP contribution >= 0.6 is 0 Å². The molecule has 0 bridgehead atoms. The summed E-state index contributed by atoms with van der Waals surface area (Å²) in [5, 5.41) is 15.7. The van der Waals surface area contributed by atoms with E-state index in [0.717, 1.165) is 42.1 Å². The maximum atomic E-state index is 13.7.